The number of anilines is 2. The molecule has 0 N–H and O–H groups in total. The van der Waals surface area contributed by atoms with Crippen molar-refractivity contribution in [1.29, 1.82) is 0 Å². The molecule has 6 heteroatoms. The summed E-state index contributed by atoms with van der Waals surface area (Å²) in [7, 11) is 0. The van der Waals surface area contributed by atoms with Gasteiger partial charge >= 0.3 is 0 Å². The number of hydrogen-bond donors (Lipinski definition) is 0. The van der Waals surface area contributed by atoms with E-state index in [9.17, 15) is 0 Å². The van der Waals surface area contributed by atoms with Gasteiger partial charge in [-0.05, 0) is 61.8 Å². The van der Waals surface area contributed by atoms with Crippen LogP contribution in [-0.4, -0.2) is 46.6 Å². The molecule has 2 aromatic rings. The summed E-state index contributed by atoms with van der Waals surface area (Å²) in [5.74, 6) is 2.07. The first-order chi connectivity index (χ1) is 11.9. The molecule has 124 valence electrons. The third-order valence-electron chi connectivity index (χ3n) is 5.54. The average molecular weight is 322 g/mol. The van der Waals surface area contributed by atoms with Crippen LogP contribution in [0, 0.1) is 0 Å². The number of nitrogens with zero attached hydrogens (tertiary/aromatic N) is 6. The van der Waals surface area contributed by atoms with Gasteiger partial charge in [-0.15, -0.1) is 10.2 Å². The monoisotopic (exact) mass is 322 g/mol. The second-order valence-corrected chi connectivity index (χ2v) is 7.03. The molecule has 3 heterocycles. The quantitative estimate of drug-likeness (QED) is 0.836. The minimum atomic E-state index is 0.965. The summed E-state index contributed by atoms with van der Waals surface area (Å²) >= 11 is 0. The van der Waals surface area contributed by atoms with Crippen LogP contribution in [-0.2, 0) is 25.7 Å². The van der Waals surface area contributed by atoms with E-state index < -0.39 is 0 Å². The number of aryl methyl sites for hydroxylation is 4. The molecule has 1 fully saturated rings. The fourth-order valence-electron chi connectivity index (χ4n) is 4.11. The predicted molar refractivity (Wildman–Crippen MR) is 92.5 cm³/mol. The Balaban J connectivity index is 1.29. The molecule has 24 heavy (non-hydrogen) atoms. The summed E-state index contributed by atoms with van der Waals surface area (Å²) in [5, 5.41) is 17.7. The normalized spacial score (nSPS) is 19.5. The third kappa shape index (κ3) is 2.41. The summed E-state index contributed by atoms with van der Waals surface area (Å²) in [6, 6.07) is 4.50. The van der Waals surface area contributed by atoms with Crippen molar-refractivity contribution >= 4 is 11.6 Å². The van der Waals surface area contributed by atoms with Crippen LogP contribution in [0.2, 0.25) is 0 Å². The Hall–Kier alpha value is -2.24. The second kappa shape index (κ2) is 5.69. The van der Waals surface area contributed by atoms with Gasteiger partial charge in [0.15, 0.2) is 11.6 Å². The molecule has 0 saturated carbocycles. The van der Waals surface area contributed by atoms with Crippen LogP contribution in [0.3, 0.4) is 0 Å². The van der Waals surface area contributed by atoms with Crippen molar-refractivity contribution in [2.75, 3.05) is 36.0 Å². The number of piperazine rings is 1. The second-order valence-electron chi connectivity index (χ2n) is 7.03. The molecular formula is C18H22N6. The van der Waals surface area contributed by atoms with Crippen molar-refractivity contribution in [3.05, 3.63) is 34.6 Å². The lowest BCUT2D eigenvalue weighted by Crippen LogP contribution is -2.47. The van der Waals surface area contributed by atoms with Crippen LogP contribution >= 0.6 is 0 Å². The van der Waals surface area contributed by atoms with Gasteiger partial charge in [-0.1, -0.05) is 0 Å². The van der Waals surface area contributed by atoms with E-state index in [0.717, 1.165) is 63.5 Å². The van der Waals surface area contributed by atoms with Crippen molar-refractivity contribution in [3.8, 4) is 0 Å². The van der Waals surface area contributed by atoms with E-state index in [4.69, 9.17) is 0 Å². The predicted octanol–water partition coefficient (Wildman–Crippen LogP) is 1.57. The first-order valence-electron chi connectivity index (χ1n) is 9.08. The van der Waals surface area contributed by atoms with Gasteiger partial charge in [0.1, 0.15) is 0 Å². The van der Waals surface area contributed by atoms with Gasteiger partial charge < -0.3 is 9.80 Å². The molecule has 0 spiro atoms. The van der Waals surface area contributed by atoms with Gasteiger partial charge in [0.2, 0.25) is 0 Å². The zero-order valence-corrected chi connectivity index (χ0v) is 13.9. The fourth-order valence-corrected chi connectivity index (χ4v) is 4.11. The van der Waals surface area contributed by atoms with E-state index in [-0.39, 0.29) is 0 Å². The van der Waals surface area contributed by atoms with Gasteiger partial charge in [0.25, 0.3) is 0 Å². The number of hydrogen-bond acceptors (Lipinski definition) is 6. The molecule has 0 amide bonds. The van der Waals surface area contributed by atoms with Crippen LogP contribution in [0.15, 0.2) is 12.1 Å². The minimum absolute atomic E-state index is 0.965. The first kappa shape index (κ1) is 14.1. The van der Waals surface area contributed by atoms with E-state index in [0.29, 0.717) is 0 Å². The summed E-state index contributed by atoms with van der Waals surface area (Å²) < 4.78 is 0. The molecular weight excluding hydrogens is 300 g/mol. The molecule has 5 rings (SSSR count). The lowest BCUT2D eigenvalue weighted by Gasteiger charge is -2.35. The summed E-state index contributed by atoms with van der Waals surface area (Å²) in [6.07, 6.45) is 6.93. The third-order valence-corrected chi connectivity index (χ3v) is 5.54. The van der Waals surface area contributed by atoms with E-state index in [2.05, 4.69) is 42.3 Å². The average Bonchev–Trinajstić information content (AvgIpc) is 3.29. The topological polar surface area (TPSA) is 58.0 Å². The maximum atomic E-state index is 4.45. The van der Waals surface area contributed by atoms with Crippen LogP contribution < -0.4 is 9.80 Å². The smallest absolute Gasteiger partial charge is 0.151 e. The van der Waals surface area contributed by atoms with E-state index in [1.807, 2.05) is 0 Å². The SMILES string of the molecule is c1c(N2CCN(c3cc4c(nn3)CCC4)CC2)nnc2c1CCC2. The Labute approximate surface area is 141 Å². The maximum absolute atomic E-state index is 4.45. The number of rotatable bonds is 2. The van der Waals surface area contributed by atoms with Crippen molar-refractivity contribution in [1.82, 2.24) is 20.4 Å². The van der Waals surface area contributed by atoms with Crippen molar-refractivity contribution in [2.24, 2.45) is 0 Å². The van der Waals surface area contributed by atoms with Crippen molar-refractivity contribution in [2.45, 2.75) is 38.5 Å². The zero-order chi connectivity index (χ0) is 15.9. The number of aromatic nitrogens is 4. The van der Waals surface area contributed by atoms with E-state index in [1.165, 1.54) is 35.4 Å². The van der Waals surface area contributed by atoms with Crippen LogP contribution in [0.4, 0.5) is 11.6 Å². The highest BCUT2D eigenvalue weighted by atomic mass is 15.3. The molecule has 2 aliphatic carbocycles. The van der Waals surface area contributed by atoms with E-state index >= 15 is 0 Å². The molecule has 0 unspecified atom stereocenters. The van der Waals surface area contributed by atoms with Gasteiger partial charge in [0, 0.05) is 26.2 Å². The standard InChI is InChI=1S/C18H22N6/c1-3-13-11-17(21-19-15(13)5-1)23-7-9-24(10-8-23)18-12-14-4-2-6-16(14)20-22-18/h11-12H,1-10H2. The molecule has 0 radical (unpaired) electrons. The summed E-state index contributed by atoms with van der Waals surface area (Å²) in [4.78, 5) is 4.70. The molecule has 3 aliphatic rings. The molecule has 1 saturated heterocycles. The molecule has 1 aliphatic heterocycles. The van der Waals surface area contributed by atoms with Gasteiger partial charge in [0.05, 0.1) is 11.4 Å². The Morgan fingerprint density at radius 3 is 1.50 bits per heavy atom. The zero-order valence-electron chi connectivity index (χ0n) is 13.9. The van der Waals surface area contributed by atoms with Gasteiger partial charge in [-0.25, -0.2) is 0 Å². The highest BCUT2D eigenvalue weighted by Crippen LogP contribution is 2.26. The van der Waals surface area contributed by atoms with Crippen LogP contribution in [0.1, 0.15) is 35.4 Å². The Morgan fingerprint density at radius 2 is 1.04 bits per heavy atom. The molecule has 0 atom stereocenters. The maximum Gasteiger partial charge on any atom is 0.151 e. The Morgan fingerprint density at radius 1 is 0.583 bits per heavy atom. The highest BCUT2D eigenvalue weighted by molar-refractivity contribution is 5.48. The van der Waals surface area contributed by atoms with Gasteiger partial charge in [-0.3, -0.25) is 0 Å². The highest BCUT2D eigenvalue weighted by Gasteiger charge is 2.23. The van der Waals surface area contributed by atoms with Crippen molar-refractivity contribution < 1.29 is 0 Å². The summed E-state index contributed by atoms with van der Waals surface area (Å²) in [5.41, 5.74) is 5.19. The lowest BCUT2D eigenvalue weighted by atomic mass is 10.2. The van der Waals surface area contributed by atoms with Crippen LogP contribution in [0.5, 0.6) is 0 Å². The number of fused-ring (bicyclic) bond motifs is 2. The first-order valence-corrected chi connectivity index (χ1v) is 9.08. The minimum Gasteiger partial charge on any atom is -0.352 e. The fraction of sp³-hybridized carbons (Fsp3) is 0.556. The largest absolute Gasteiger partial charge is 0.352 e. The Bertz CT molecular complexity index is 701. The Kier molecular flexibility index (Phi) is 3.35. The lowest BCUT2D eigenvalue weighted by molar-refractivity contribution is 0.632. The van der Waals surface area contributed by atoms with Crippen LogP contribution in [0.25, 0.3) is 0 Å². The molecule has 6 nitrogen and oxygen atoms in total. The van der Waals surface area contributed by atoms with E-state index in [1.54, 1.807) is 0 Å². The summed E-state index contributed by atoms with van der Waals surface area (Å²) in [6.45, 7) is 3.86. The van der Waals surface area contributed by atoms with Crippen molar-refractivity contribution in [3.63, 3.8) is 0 Å². The van der Waals surface area contributed by atoms with Gasteiger partial charge in [-0.2, -0.15) is 10.2 Å². The molecule has 0 bridgehead atoms. The molecule has 2 aromatic heterocycles. The molecule has 0 aromatic carbocycles.